The van der Waals surface area contributed by atoms with Crippen molar-refractivity contribution in [1.29, 1.82) is 0 Å². The Labute approximate surface area is 117 Å². The van der Waals surface area contributed by atoms with E-state index in [1.54, 1.807) is 24.7 Å². The van der Waals surface area contributed by atoms with Crippen molar-refractivity contribution in [3.63, 3.8) is 0 Å². The van der Waals surface area contributed by atoms with Crippen LogP contribution in [0.1, 0.15) is 18.4 Å². The molecule has 104 valence electrons. The van der Waals surface area contributed by atoms with Gasteiger partial charge in [-0.05, 0) is 43.0 Å². The molecule has 0 aliphatic rings. The van der Waals surface area contributed by atoms with Gasteiger partial charge in [0, 0.05) is 31.2 Å². The highest BCUT2D eigenvalue weighted by atomic mass is 16.6. The first-order chi connectivity index (χ1) is 9.77. The van der Waals surface area contributed by atoms with Gasteiger partial charge in [0.2, 0.25) is 5.82 Å². The van der Waals surface area contributed by atoms with Gasteiger partial charge < -0.3 is 5.32 Å². The third-order valence-electron chi connectivity index (χ3n) is 2.92. The van der Waals surface area contributed by atoms with Crippen molar-refractivity contribution in [3.05, 3.63) is 58.5 Å². The second-order valence-corrected chi connectivity index (χ2v) is 4.37. The molecule has 2 heterocycles. The van der Waals surface area contributed by atoms with Crippen LogP contribution in [0.25, 0.3) is 0 Å². The average molecular weight is 272 g/mol. The van der Waals surface area contributed by atoms with Crippen molar-refractivity contribution >= 4 is 11.5 Å². The first-order valence-electron chi connectivity index (χ1n) is 6.49. The fourth-order valence-corrected chi connectivity index (χ4v) is 1.89. The third-order valence-corrected chi connectivity index (χ3v) is 2.92. The third kappa shape index (κ3) is 4.01. The summed E-state index contributed by atoms with van der Waals surface area (Å²) in [6.45, 7) is 0.670. The Morgan fingerprint density at radius 1 is 1.15 bits per heavy atom. The van der Waals surface area contributed by atoms with E-state index in [0.29, 0.717) is 12.4 Å². The summed E-state index contributed by atoms with van der Waals surface area (Å²) >= 11 is 0. The van der Waals surface area contributed by atoms with E-state index in [1.165, 1.54) is 11.6 Å². The van der Waals surface area contributed by atoms with Crippen molar-refractivity contribution in [3.8, 4) is 0 Å². The standard InChI is InChI=1S/C14H16N4O2/c19-18(20)13-5-3-9-17-14(13)16-8-2-1-4-12-6-10-15-11-7-12/h3,5-7,9-11H,1-2,4,8H2,(H,16,17). The van der Waals surface area contributed by atoms with Crippen molar-refractivity contribution in [2.75, 3.05) is 11.9 Å². The lowest BCUT2D eigenvalue weighted by Gasteiger charge is -2.05. The van der Waals surface area contributed by atoms with E-state index in [-0.39, 0.29) is 5.69 Å². The first-order valence-corrected chi connectivity index (χ1v) is 6.49. The number of hydrogen-bond acceptors (Lipinski definition) is 5. The highest BCUT2D eigenvalue weighted by molar-refractivity contribution is 5.54. The van der Waals surface area contributed by atoms with Crippen molar-refractivity contribution < 1.29 is 4.92 Å². The normalized spacial score (nSPS) is 10.2. The van der Waals surface area contributed by atoms with E-state index in [9.17, 15) is 10.1 Å². The largest absolute Gasteiger partial charge is 0.364 e. The maximum atomic E-state index is 10.8. The van der Waals surface area contributed by atoms with Crippen LogP contribution in [0.5, 0.6) is 0 Å². The number of aromatic nitrogens is 2. The summed E-state index contributed by atoms with van der Waals surface area (Å²) < 4.78 is 0. The van der Waals surface area contributed by atoms with Crippen LogP contribution in [-0.2, 0) is 6.42 Å². The molecule has 1 N–H and O–H groups in total. The Morgan fingerprint density at radius 2 is 1.95 bits per heavy atom. The smallest absolute Gasteiger partial charge is 0.311 e. The number of nitrogens with zero attached hydrogens (tertiary/aromatic N) is 3. The molecule has 0 saturated carbocycles. The number of nitrogens with one attached hydrogen (secondary N) is 1. The van der Waals surface area contributed by atoms with E-state index in [0.717, 1.165) is 19.3 Å². The molecule has 0 radical (unpaired) electrons. The van der Waals surface area contributed by atoms with Gasteiger partial charge in [0.15, 0.2) is 0 Å². The predicted molar refractivity (Wildman–Crippen MR) is 76.6 cm³/mol. The van der Waals surface area contributed by atoms with E-state index < -0.39 is 4.92 Å². The zero-order valence-corrected chi connectivity index (χ0v) is 11.0. The van der Waals surface area contributed by atoms with Gasteiger partial charge in [0.1, 0.15) is 0 Å². The zero-order valence-electron chi connectivity index (χ0n) is 11.0. The van der Waals surface area contributed by atoms with Gasteiger partial charge in [-0.2, -0.15) is 0 Å². The lowest BCUT2D eigenvalue weighted by Crippen LogP contribution is -2.06. The van der Waals surface area contributed by atoms with Gasteiger partial charge in [-0.3, -0.25) is 15.1 Å². The molecule has 0 aliphatic heterocycles. The molecule has 0 spiro atoms. The van der Waals surface area contributed by atoms with Crippen LogP contribution >= 0.6 is 0 Å². The number of rotatable bonds is 7. The molecule has 2 aromatic heterocycles. The molecule has 6 heteroatoms. The molecule has 20 heavy (non-hydrogen) atoms. The molecule has 2 aromatic rings. The molecule has 0 atom stereocenters. The summed E-state index contributed by atoms with van der Waals surface area (Å²) in [6, 6.07) is 7.01. The summed E-state index contributed by atoms with van der Waals surface area (Å²) in [5.41, 5.74) is 1.27. The van der Waals surface area contributed by atoms with Crippen LogP contribution in [0.15, 0.2) is 42.9 Å². The lowest BCUT2D eigenvalue weighted by atomic mass is 10.1. The fourth-order valence-electron chi connectivity index (χ4n) is 1.89. The summed E-state index contributed by atoms with van der Waals surface area (Å²) in [5.74, 6) is 0.335. The van der Waals surface area contributed by atoms with Crippen LogP contribution in [-0.4, -0.2) is 21.4 Å². The van der Waals surface area contributed by atoms with E-state index in [2.05, 4.69) is 15.3 Å². The van der Waals surface area contributed by atoms with E-state index in [4.69, 9.17) is 0 Å². The molecular weight excluding hydrogens is 256 g/mol. The number of unbranched alkanes of at least 4 members (excludes halogenated alkanes) is 1. The van der Waals surface area contributed by atoms with Crippen molar-refractivity contribution in [1.82, 2.24) is 9.97 Å². The topological polar surface area (TPSA) is 81.0 Å². The van der Waals surface area contributed by atoms with E-state index in [1.807, 2.05) is 12.1 Å². The summed E-state index contributed by atoms with van der Waals surface area (Å²) in [4.78, 5) is 18.4. The van der Waals surface area contributed by atoms with E-state index >= 15 is 0 Å². The minimum absolute atomic E-state index is 0.0154. The van der Waals surface area contributed by atoms with Crippen LogP contribution in [0.2, 0.25) is 0 Å². The fraction of sp³-hybridized carbons (Fsp3) is 0.286. The Balaban J connectivity index is 1.75. The van der Waals surface area contributed by atoms with Crippen LogP contribution < -0.4 is 5.32 Å². The maximum Gasteiger partial charge on any atom is 0.311 e. The Morgan fingerprint density at radius 3 is 2.70 bits per heavy atom. The van der Waals surface area contributed by atoms with Crippen LogP contribution in [0.3, 0.4) is 0 Å². The number of hydrogen-bond donors (Lipinski definition) is 1. The van der Waals surface area contributed by atoms with Crippen molar-refractivity contribution in [2.24, 2.45) is 0 Å². The maximum absolute atomic E-state index is 10.8. The number of aryl methyl sites for hydroxylation is 1. The summed E-state index contributed by atoms with van der Waals surface area (Å²) in [5, 5.41) is 13.8. The molecular formula is C14H16N4O2. The van der Waals surface area contributed by atoms with Gasteiger partial charge in [0.25, 0.3) is 0 Å². The molecule has 0 aromatic carbocycles. The quantitative estimate of drug-likeness (QED) is 0.476. The highest BCUT2D eigenvalue weighted by Gasteiger charge is 2.12. The summed E-state index contributed by atoms with van der Waals surface area (Å²) in [7, 11) is 0. The Kier molecular flexibility index (Phi) is 5.00. The van der Waals surface area contributed by atoms with Crippen LogP contribution in [0, 0.1) is 10.1 Å². The second-order valence-electron chi connectivity index (χ2n) is 4.37. The molecule has 6 nitrogen and oxygen atoms in total. The highest BCUT2D eigenvalue weighted by Crippen LogP contribution is 2.20. The van der Waals surface area contributed by atoms with Gasteiger partial charge in [-0.15, -0.1) is 0 Å². The van der Waals surface area contributed by atoms with Gasteiger partial charge in [-0.1, -0.05) is 0 Å². The molecule has 2 rings (SSSR count). The molecule has 0 unspecified atom stereocenters. The minimum atomic E-state index is -0.424. The second kappa shape index (κ2) is 7.18. The number of pyridine rings is 2. The monoisotopic (exact) mass is 272 g/mol. The van der Waals surface area contributed by atoms with Gasteiger partial charge >= 0.3 is 5.69 Å². The average Bonchev–Trinajstić information content (AvgIpc) is 2.48. The lowest BCUT2D eigenvalue weighted by molar-refractivity contribution is -0.384. The molecule has 0 fully saturated rings. The van der Waals surface area contributed by atoms with Crippen molar-refractivity contribution in [2.45, 2.75) is 19.3 Å². The SMILES string of the molecule is O=[N+]([O-])c1cccnc1NCCCCc1ccncc1. The summed E-state index contributed by atoms with van der Waals surface area (Å²) in [6.07, 6.45) is 8.03. The molecule has 0 bridgehead atoms. The first kappa shape index (κ1) is 13.9. The minimum Gasteiger partial charge on any atom is -0.364 e. The Bertz CT molecular complexity index is 560. The molecule has 0 amide bonds. The Hall–Kier alpha value is -2.50. The molecule has 0 saturated heterocycles. The van der Waals surface area contributed by atoms with Gasteiger partial charge in [0.05, 0.1) is 4.92 Å². The van der Waals surface area contributed by atoms with Gasteiger partial charge in [-0.25, -0.2) is 4.98 Å². The molecule has 0 aliphatic carbocycles. The number of anilines is 1. The number of nitro groups is 1. The van der Waals surface area contributed by atoms with Crippen LogP contribution in [0.4, 0.5) is 11.5 Å². The zero-order chi connectivity index (χ0) is 14.2. The predicted octanol–water partition coefficient (Wildman–Crippen LogP) is 2.82.